The minimum Gasteiger partial charge on any atom is -0.459 e. The molecule has 0 bridgehead atoms. The van der Waals surface area contributed by atoms with Crippen molar-refractivity contribution in [3.05, 3.63) is 57.9 Å². The van der Waals surface area contributed by atoms with Gasteiger partial charge in [-0.25, -0.2) is 4.79 Å². The summed E-state index contributed by atoms with van der Waals surface area (Å²) >= 11 is 0. The van der Waals surface area contributed by atoms with E-state index in [9.17, 15) is 9.59 Å². The Balaban J connectivity index is 1.81. The second-order valence-corrected chi connectivity index (χ2v) is 6.84. The van der Waals surface area contributed by atoms with Gasteiger partial charge in [0.1, 0.15) is 5.69 Å². The number of nitrogens with one attached hydrogen (secondary N) is 2. The number of rotatable bonds is 4. The average Bonchev–Trinajstić information content (AvgIpc) is 3.08. The lowest BCUT2D eigenvalue weighted by atomic mass is 10.1. The minimum absolute atomic E-state index is 0.0118. The molecule has 0 aliphatic heterocycles. The van der Waals surface area contributed by atoms with E-state index >= 15 is 0 Å². The summed E-state index contributed by atoms with van der Waals surface area (Å²) in [5.41, 5.74) is 4.62. The standard InChI is InChI=1S/C20H24N2O3/c1-11(2)25-20(24)17-12(3)18(21-13(17)4)19(23)22-16-10-9-14-7-5-6-8-15(14)16/h5-8,11,16,21H,9-10H2,1-4H3,(H,22,23)/t16-/m0/s1. The van der Waals surface area contributed by atoms with Gasteiger partial charge >= 0.3 is 5.97 Å². The van der Waals surface area contributed by atoms with Crippen molar-refractivity contribution in [1.29, 1.82) is 0 Å². The molecule has 3 rings (SSSR count). The second-order valence-electron chi connectivity index (χ2n) is 6.84. The summed E-state index contributed by atoms with van der Waals surface area (Å²) in [7, 11) is 0. The number of fused-ring (bicyclic) bond motifs is 1. The quantitative estimate of drug-likeness (QED) is 0.835. The fourth-order valence-electron chi connectivity index (χ4n) is 3.49. The van der Waals surface area contributed by atoms with Crippen LogP contribution in [0.5, 0.6) is 0 Å². The SMILES string of the molecule is Cc1[nH]c(C(=O)N[C@H]2CCc3ccccc32)c(C)c1C(=O)OC(C)C. The molecule has 1 aliphatic carbocycles. The fraction of sp³-hybridized carbons (Fsp3) is 0.400. The summed E-state index contributed by atoms with van der Waals surface area (Å²) in [6.07, 6.45) is 1.66. The molecule has 2 N–H and O–H groups in total. The highest BCUT2D eigenvalue weighted by molar-refractivity contribution is 6.00. The molecule has 1 aliphatic rings. The van der Waals surface area contributed by atoms with Crippen LogP contribution in [0.15, 0.2) is 24.3 Å². The van der Waals surface area contributed by atoms with E-state index in [4.69, 9.17) is 4.74 Å². The highest BCUT2D eigenvalue weighted by Crippen LogP contribution is 2.31. The van der Waals surface area contributed by atoms with E-state index in [-0.39, 0.29) is 18.1 Å². The van der Waals surface area contributed by atoms with Gasteiger partial charge in [-0.3, -0.25) is 4.79 Å². The molecular weight excluding hydrogens is 316 g/mol. The van der Waals surface area contributed by atoms with Crippen molar-refractivity contribution in [2.75, 3.05) is 0 Å². The van der Waals surface area contributed by atoms with Gasteiger partial charge < -0.3 is 15.0 Å². The molecule has 5 heteroatoms. The van der Waals surface area contributed by atoms with Crippen molar-refractivity contribution in [1.82, 2.24) is 10.3 Å². The number of hydrogen-bond donors (Lipinski definition) is 2. The van der Waals surface area contributed by atoms with E-state index in [1.807, 2.05) is 12.1 Å². The number of aromatic amines is 1. The predicted octanol–water partition coefficient (Wildman–Crippen LogP) is 3.61. The van der Waals surface area contributed by atoms with Gasteiger partial charge in [0.05, 0.1) is 17.7 Å². The third-order valence-corrected chi connectivity index (χ3v) is 4.65. The number of hydrogen-bond acceptors (Lipinski definition) is 3. The Morgan fingerprint density at radius 2 is 1.96 bits per heavy atom. The molecule has 5 nitrogen and oxygen atoms in total. The van der Waals surface area contributed by atoms with Crippen molar-refractivity contribution < 1.29 is 14.3 Å². The van der Waals surface area contributed by atoms with Crippen LogP contribution < -0.4 is 5.32 Å². The highest BCUT2D eigenvalue weighted by Gasteiger charge is 2.27. The van der Waals surface area contributed by atoms with Crippen molar-refractivity contribution in [3.63, 3.8) is 0 Å². The van der Waals surface area contributed by atoms with Gasteiger partial charge in [-0.05, 0) is 57.2 Å². The van der Waals surface area contributed by atoms with Gasteiger partial charge in [0.25, 0.3) is 5.91 Å². The van der Waals surface area contributed by atoms with Crippen LogP contribution in [-0.2, 0) is 11.2 Å². The van der Waals surface area contributed by atoms with Crippen LogP contribution in [0.1, 0.15) is 69.5 Å². The predicted molar refractivity (Wildman–Crippen MR) is 95.8 cm³/mol. The summed E-state index contributed by atoms with van der Waals surface area (Å²) in [6, 6.07) is 8.19. The average molecular weight is 340 g/mol. The van der Waals surface area contributed by atoms with Crippen LogP contribution in [0.4, 0.5) is 0 Å². The summed E-state index contributed by atoms with van der Waals surface area (Å²) in [5, 5.41) is 3.09. The van der Waals surface area contributed by atoms with E-state index in [1.165, 1.54) is 11.1 Å². The lowest BCUT2D eigenvalue weighted by molar-refractivity contribution is 0.0376. The van der Waals surface area contributed by atoms with Crippen molar-refractivity contribution in [3.8, 4) is 0 Å². The van der Waals surface area contributed by atoms with Gasteiger partial charge in [0.2, 0.25) is 0 Å². The zero-order chi connectivity index (χ0) is 18.1. The summed E-state index contributed by atoms with van der Waals surface area (Å²) in [5.74, 6) is -0.586. The first-order valence-electron chi connectivity index (χ1n) is 8.67. The van der Waals surface area contributed by atoms with Crippen LogP contribution >= 0.6 is 0 Å². The van der Waals surface area contributed by atoms with E-state index in [2.05, 4.69) is 22.4 Å². The Morgan fingerprint density at radius 1 is 1.24 bits per heavy atom. The summed E-state index contributed by atoms with van der Waals surface area (Å²) in [6.45, 7) is 7.17. The van der Waals surface area contributed by atoms with Gasteiger partial charge in [-0.1, -0.05) is 24.3 Å². The molecule has 0 unspecified atom stereocenters. The van der Waals surface area contributed by atoms with E-state index in [0.717, 1.165) is 12.8 Å². The van der Waals surface area contributed by atoms with E-state index in [0.29, 0.717) is 22.5 Å². The van der Waals surface area contributed by atoms with Crippen molar-refractivity contribution in [2.24, 2.45) is 0 Å². The number of benzene rings is 1. The molecule has 0 fully saturated rings. The highest BCUT2D eigenvalue weighted by atomic mass is 16.5. The molecule has 2 aromatic rings. The molecule has 25 heavy (non-hydrogen) atoms. The van der Waals surface area contributed by atoms with Crippen LogP contribution in [0.2, 0.25) is 0 Å². The lowest BCUT2D eigenvalue weighted by Gasteiger charge is -2.14. The molecule has 1 aromatic heterocycles. The normalized spacial score (nSPS) is 16.0. The number of H-pyrrole nitrogens is 1. The Labute approximate surface area is 147 Å². The maximum Gasteiger partial charge on any atom is 0.340 e. The van der Waals surface area contributed by atoms with Gasteiger partial charge in [-0.2, -0.15) is 0 Å². The van der Waals surface area contributed by atoms with E-state index < -0.39 is 5.97 Å². The second kappa shape index (κ2) is 6.75. The number of carbonyl (C=O) groups excluding carboxylic acids is 2. The van der Waals surface area contributed by atoms with Gasteiger partial charge in [0, 0.05) is 5.69 Å². The third kappa shape index (κ3) is 3.31. The molecule has 1 aromatic carbocycles. The fourth-order valence-corrected chi connectivity index (χ4v) is 3.49. The van der Waals surface area contributed by atoms with Crippen LogP contribution in [0, 0.1) is 13.8 Å². The topological polar surface area (TPSA) is 71.2 Å². The molecule has 0 spiro atoms. The van der Waals surface area contributed by atoms with Crippen LogP contribution in [0.25, 0.3) is 0 Å². The monoisotopic (exact) mass is 340 g/mol. The largest absolute Gasteiger partial charge is 0.459 e. The number of aromatic nitrogens is 1. The van der Waals surface area contributed by atoms with Gasteiger partial charge in [0.15, 0.2) is 0 Å². The van der Waals surface area contributed by atoms with Gasteiger partial charge in [-0.15, -0.1) is 0 Å². The molecule has 0 radical (unpaired) electrons. The first-order valence-corrected chi connectivity index (χ1v) is 8.67. The number of ether oxygens (including phenoxy) is 1. The van der Waals surface area contributed by atoms with Crippen LogP contribution in [0.3, 0.4) is 0 Å². The summed E-state index contributed by atoms with van der Waals surface area (Å²) < 4.78 is 5.28. The van der Waals surface area contributed by atoms with Crippen molar-refractivity contribution >= 4 is 11.9 Å². The first-order chi connectivity index (χ1) is 11.9. The number of aryl methyl sites for hydroxylation is 2. The third-order valence-electron chi connectivity index (χ3n) is 4.65. The van der Waals surface area contributed by atoms with Crippen LogP contribution in [-0.4, -0.2) is 23.0 Å². The molecule has 0 saturated carbocycles. The smallest absolute Gasteiger partial charge is 0.340 e. The Kier molecular flexibility index (Phi) is 4.66. The Morgan fingerprint density at radius 3 is 2.68 bits per heavy atom. The minimum atomic E-state index is -0.397. The zero-order valence-corrected chi connectivity index (χ0v) is 15.1. The summed E-state index contributed by atoms with van der Waals surface area (Å²) in [4.78, 5) is 28.1. The Hall–Kier alpha value is -2.56. The maximum absolute atomic E-state index is 12.7. The molecular formula is C20H24N2O3. The maximum atomic E-state index is 12.7. The number of carbonyl (C=O) groups is 2. The number of amides is 1. The molecule has 0 saturated heterocycles. The lowest BCUT2D eigenvalue weighted by Crippen LogP contribution is -2.28. The molecule has 1 atom stereocenters. The molecule has 1 heterocycles. The molecule has 1 amide bonds. The first kappa shape index (κ1) is 17.3. The zero-order valence-electron chi connectivity index (χ0n) is 15.1. The molecule has 132 valence electrons. The number of esters is 1. The van der Waals surface area contributed by atoms with E-state index in [1.54, 1.807) is 27.7 Å². The Bertz CT molecular complexity index is 820. The van der Waals surface area contributed by atoms with Crippen molar-refractivity contribution in [2.45, 2.75) is 52.7 Å².